The molecule has 2 nitrogen and oxygen atoms in total. The number of carbonyl (C=O) groups is 1. The molecule has 0 bridgehead atoms. The zero-order valence-corrected chi connectivity index (χ0v) is 10.0. The van der Waals surface area contributed by atoms with Crippen LogP contribution in [0.1, 0.15) is 18.9 Å². The van der Waals surface area contributed by atoms with Gasteiger partial charge in [0.15, 0.2) is 0 Å². The van der Waals surface area contributed by atoms with Gasteiger partial charge in [-0.1, -0.05) is 30.3 Å². The predicted octanol–water partition coefficient (Wildman–Crippen LogP) is 2.14. The Bertz CT molecular complexity index is 360. The summed E-state index contributed by atoms with van der Waals surface area (Å²) in [6.45, 7) is 2.76. The minimum atomic E-state index is 0.125. The molecule has 1 aromatic carbocycles. The van der Waals surface area contributed by atoms with E-state index in [1.807, 2.05) is 6.07 Å². The van der Waals surface area contributed by atoms with E-state index in [-0.39, 0.29) is 6.04 Å². The van der Waals surface area contributed by atoms with E-state index in [9.17, 15) is 4.79 Å². The van der Waals surface area contributed by atoms with Gasteiger partial charge >= 0.3 is 0 Å². The molecule has 1 heterocycles. The average molecular weight is 217 g/mol. The molecule has 0 spiro atoms. The molecule has 1 fully saturated rings. The number of likely N-dealkylation sites (N-methyl/N-ethyl adjacent to an activating group) is 1. The third kappa shape index (κ3) is 2.33. The maximum absolute atomic E-state index is 11.6. The third-order valence-electron chi connectivity index (χ3n) is 3.53. The molecule has 2 rings (SSSR count). The largest absolute Gasteiger partial charge is 0.298 e. The van der Waals surface area contributed by atoms with E-state index in [1.54, 1.807) is 6.92 Å². The number of hydrogen-bond donors (Lipinski definition) is 0. The van der Waals surface area contributed by atoms with Crippen LogP contribution in [0.2, 0.25) is 0 Å². The second kappa shape index (κ2) is 4.79. The molecule has 0 radical (unpaired) electrons. The van der Waals surface area contributed by atoms with E-state index in [1.165, 1.54) is 5.56 Å². The molecule has 2 heteroatoms. The van der Waals surface area contributed by atoms with E-state index in [0.717, 1.165) is 19.4 Å². The summed E-state index contributed by atoms with van der Waals surface area (Å²) in [6.07, 6.45) is 2.16. The molecule has 0 aromatic heterocycles. The number of benzene rings is 1. The Morgan fingerprint density at radius 3 is 2.69 bits per heavy atom. The summed E-state index contributed by atoms with van der Waals surface area (Å²) in [7, 11) is 2.05. The van der Waals surface area contributed by atoms with Crippen molar-refractivity contribution in [1.82, 2.24) is 4.90 Å². The molecule has 0 N–H and O–H groups in total. The van der Waals surface area contributed by atoms with Crippen LogP contribution in [-0.2, 0) is 11.2 Å². The number of likely N-dealkylation sites (tertiary alicyclic amines) is 1. The van der Waals surface area contributed by atoms with Crippen molar-refractivity contribution in [1.29, 1.82) is 0 Å². The van der Waals surface area contributed by atoms with Gasteiger partial charge in [-0.25, -0.2) is 0 Å². The Morgan fingerprint density at radius 2 is 2.06 bits per heavy atom. The Kier molecular flexibility index (Phi) is 3.39. The zero-order valence-electron chi connectivity index (χ0n) is 10.0. The summed E-state index contributed by atoms with van der Waals surface area (Å²) in [5.41, 5.74) is 1.34. The molecular formula is C14H19NO. The number of Topliss-reactive ketones (excluding diaryl/α,β-unsaturated/α-hetero) is 1. The number of rotatable bonds is 3. The van der Waals surface area contributed by atoms with Crippen LogP contribution in [0, 0.1) is 5.92 Å². The van der Waals surface area contributed by atoms with Gasteiger partial charge < -0.3 is 0 Å². The number of carbonyl (C=O) groups excluding carboxylic acids is 1. The molecule has 16 heavy (non-hydrogen) atoms. The second-order valence-corrected chi connectivity index (χ2v) is 4.77. The van der Waals surface area contributed by atoms with Crippen LogP contribution in [0.4, 0.5) is 0 Å². The minimum absolute atomic E-state index is 0.125. The SMILES string of the molecule is CC(=O)[C@@H]1[C@@H](Cc2ccccc2)CCN1C. The number of hydrogen-bond acceptors (Lipinski definition) is 2. The molecule has 0 saturated carbocycles. The van der Waals surface area contributed by atoms with E-state index < -0.39 is 0 Å². The summed E-state index contributed by atoms with van der Waals surface area (Å²) in [6, 6.07) is 10.6. The van der Waals surface area contributed by atoms with Crippen LogP contribution < -0.4 is 0 Å². The minimum Gasteiger partial charge on any atom is -0.298 e. The highest BCUT2D eigenvalue weighted by atomic mass is 16.1. The summed E-state index contributed by atoms with van der Waals surface area (Å²) >= 11 is 0. The zero-order chi connectivity index (χ0) is 11.5. The second-order valence-electron chi connectivity index (χ2n) is 4.77. The fraction of sp³-hybridized carbons (Fsp3) is 0.500. The van der Waals surface area contributed by atoms with Crippen molar-refractivity contribution in [2.45, 2.75) is 25.8 Å². The highest BCUT2D eigenvalue weighted by Gasteiger charge is 2.34. The summed E-state index contributed by atoms with van der Waals surface area (Å²) in [5, 5.41) is 0. The van der Waals surface area contributed by atoms with Crippen molar-refractivity contribution >= 4 is 5.78 Å². The molecule has 2 atom stereocenters. The molecule has 0 unspecified atom stereocenters. The first-order chi connectivity index (χ1) is 7.68. The van der Waals surface area contributed by atoms with Gasteiger partial charge in [-0.2, -0.15) is 0 Å². The summed E-state index contributed by atoms with van der Waals surface area (Å²) < 4.78 is 0. The van der Waals surface area contributed by atoms with Crippen LogP contribution in [0.25, 0.3) is 0 Å². The van der Waals surface area contributed by atoms with E-state index in [0.29, 0.717) is 11.7 Å². The van der Waals surface area contributed by atoms with E-state index in [4.69, 9.17) is 0 Å². The lowest BCUT2D eigenvalue weighted by Crippen LogP contribution is -2.36. The van der Waals surface area contributed by atoms with Gasteiger partial charge in [0, 0.05) is 0 Å². The van der Waals surface area contributed by atoms with Crippen molar-refractivity contribution in [2.75, 3.05) is 13.6 Å². The Labute approximate surface area is 97.3 Å². The molecular weight excluding hydrogens is 198 g/mol. The molecule has 1 aliphatic heterocycles. The van der Waals surface area contributed by atoms with Crippen molar-refractivity contribution in [3.63, 3.8) is 0 Å². The van der Waals surface area contributed by atoms with Gasteiger partial charge in [0.05, 0.1) is 6.04 Å². The first kappa shape index (κ1) is 11.3. The van der Waals surface area contributed by atoms with Crippen molar-refractivity contribution < 1.29 is 4.79 Å². The lowest BCUT2D eigenvalue weighted by molar-refractivity contribution is -0.121. The van der Waals surface area contributed by atoms with Crippen LogP contribution in [0.5, 0.6) is 0 Å². The molecule has 1 aromatic rings. The lowest BCUT2D eigenvalue weighted by Gasteiger charge is -2.22. The predicted molar refractivity (Wildman–Crippen MR) is 65.4 cm³/mol. The normalized spacial score (nSPS) is 25.9. The monoisotopic (exact) mass is 217 g/mol. The first-order valence-electron chi connectivity index (χ1n) is 5.93. The molecule has 0 aliphatic carbocycles. The maximum Gasteiger partial charge on any atom is 0.147 e. The van der Waals surface area contributed by atoms with Crippen LogP contribution in [-0.4, -0.2) is 30.3 Å². The molecule has 86 valence electrons. The standard InChI is InChI=1S/C14H19NO/c1-11(16)14-13(8-9-15(14)2)10-12-6-4-3-5-7-12/h3-7,13-14H,8-10H2,1-2H3/t13-,14-/m1/s1. The fourth-order valence-electron chi connectivity index (χ4n) is 2.80. The van der Waals surface area contributed by atoms with Gasteiger partial charge in [0.2, 0.25) is 0 Å². The Hall–Kier alpha value is -1.15. The molecule has 1 saturated heterocycles. The van der Waals surface area contributed by atoms with Crippen molar-refractivity contribution in [2.24, 2.45) is 5.92 Å². The quantitative estimate of drug-likeness (QED) is 0.773. The highest BCUT2D eigenvalue weighted by Crippen LogP contribution is 2.26. The van der Waals surface area contributed by atoms with E-state index in [2.05, 4.69) is 36.2 Å². The smallest absolute Gasteiger partial charge is 0.147 e. The van der Waals surface area contributed by atoms with Gasteiger partial charge in [-0.15, -0.1) is 0 Å². The Balaban J connectivity index is 2.07. The summed E-state index contributed by atoms with van der Waals surface area (Å²) in [4.78, 5) is 13.8. The molecule has 1 aliphatic rings. The van der Waals surface area contributed by atoms with Gasteiger partial charge in [0.25, 0.3) is 0 Å². The topological polar surface area (TPSA) is 20.3 Å². The van der Waals surface area contributed by atoms with Gasteiger partial charge in [-0.3, -0.25) is 9.69 Å². The average Bonchev–Trinajstić information content (AvgIpc) is 2.61. The Morgan fingerprint density at radius 1 is 1.38 bits per heavy atom. The first-order valence-corrected chi connectivity index (χ1v) is 5.93. The maximum atomic E-state index is 11.6. The van der Waals surface area contributed by atoms with Crippen LogP contribution in [0.3, 0.4) is 0 Å². The van der Waals surface area contributed by atoms with Gasteiger partial charge in [0.1, 0.15) is 5.78 Å². The van der Waals surface area contributed by atoms with Crippen molar-refractivity contribution in [3.8, 4) is 0 Å². The number of ketones is 1. The third-order valence-corrected chi connectivity index (χ3v) is 3.53. The lowest BCUT2D eigenvalue weighted by atomic mass is 9.90. The van der Waals surface area contributed by atoms with Gasteiger partial charge in [-0.05, 0) is 44.8 Å². The summed E-state index contributed by atoms with van der Waals surface area (Å²) in [5.74, 6) is 0.797. The van der Waals surface area contributed by atoms with Crippen molar-refractivity contribution in [3.05, 3.63) is 35.9 Å². The van der Waals surface area contributed by atoms with Crippen LogP contribution in [0.15, 0.2) is 30.3 Å². The number of nitrogens with zero attached hydrogens (tertiary/aromatic N) is 1. The van der Waals surface area contributed by atoms with E-state index >= 15 is 0 Å². The fourth-order valence-corrected chi connectivity index (χ4v) is 2.80. The van der Waals surface area contributed by atoms with Crippen LogP contribution >= 0.6 is 0 Å². The molecule has 0 amide bonds. The highest BCUT2D eigenvalue weighted by molar-refractivity contribution is 5.82.